The standard InChI is InChI=1S/C12H15BrO3/c1-6(2)8-4-5-9(7(3)12(15)16)10(13)11(8)14/h4-7,14H,1-3H3,(H,15,16). The fourth-order valence-electron chi connectivity index (χ4n) is 1.53. The first-order valence-electron chi connectivity index (χ1n) is 5.10. The maximum atomic E-state index is 10.9. The second-order valence-corrected chi connectivity index (χ2v) is 4.91. The van der Waals surface area contributed by atoms with E-state index in [9.17, 15) is 9.90 Å². The van der Waals surface area contributed by atoms with Crippen molar-refractivity contribution in [1.29, 1.82) is 0 Å². The Bertz CT molecular complexity index is 413. The number of aliphatic carboxylic acids is 1. The second kappa shape index (κ2) is 4.87. The van der Waals surface area contributed by atoms with Crippen molar-refractivity contribution in [1.82, 2.24) is 0 Å². The van der Waals surface area contributed by atoms with Crippen LogP contribution in [0.2, 0.25) is 0 Å². The summed E-state index contributed by atoms with van der Waals surface area (Å²) in [5, 5.41) is 18.9. The number of carboxylic acid groups (broad SMARTS) is 1. The molecule has 16 heavy (non-hydrogen) atoms. The van der Waals surface area contributed by atoms with E-state index >= 15 is 0 Å². The fraction of sp³-hybridized carbons (Fsp3) is 0.417. The molecule has 0 fully saturated rings. The number of halogens is 1. The third-order valence-electron chi connectivity index (χ3n) is 2.64. The number of aromatic hydroxyl groups is 1. The van der Waals surface area contributed by atoms with Gasteiger partial charge in [-0.3, -0.25) is 4.79 Å². The van der Waals surface area contributed by atoms with E-state index in [1.54, 1.807) is 19.1 Å². The van der Waals surface area contributed by atoms with Gasteiger partial charge in [0.2, 0.25) is 0 Å². The van der Waals surface area contributed by atoms with Gasteiger partial charge < -0.3 is 10.2 Å². The molecule has 1 atom stereocenters. The minimum Gasteiger partial charge on any atom is -0.506 e. The predicted octanol–water partition coefficient (Wildman–Crippen LogP) is 3.47. The molecule has 0 bridgehead atoms. The van der Waals surface area contributed by atoms with Gasteiger partial charge in [-0.05, 0) is 39.9 Å². The van der Waals surface area contributed by atoms with E-state index in [4.69, 9.17) is 5.11 Å². The van der Waals surface area contributed by atoms with E-state index < -0.39 is 11.9 Å². The SMILES string of the molecule is CC(C)c1ccc(C(C)C(=O)O)c(Br)c1O. The Labute approximate surface area is 103 Å². The molecule has 0 saturated carbocycles. The maximum absolute atomic E-state index is 10.9. The van der Waals surface area contributed by atoms with Crippen LogP contribution in [0.4, 0.5) is 0 Å². The van der Waals surface area contributed by atoms with Gasteiger partial charge in [0.25, 0.3) is 0 Å². The minimum absolute atomic E-state index is 0.139. The van der Waals surface area contributed by atoms with Crippen molar-refractivity contribution in [3.05, 3.63) is 27.7 Å². The largest absolute Gasteiger partial charge is 0.506 e. The summed E-state index contributed by atoms with van der Waals surface area (Å²) in [6.45, 7) is 5.54. The number of carbonyl (C=O) groups is 1. The molecule has 0 aliphatic carbocycles. The lowest BCUT2D eigenvalue weighted by molar-refractivity contribution is -0.138. The summed E-state index contributed by atoms with van der Waals surface area (Å²) >= 11 is 3.25. The molecular weight excluding hydrogens is 272 g/mol. The highest BCUT2D eigenvalue weighted by Crippen LogP contribution is 2.38. The van der Waals surface area contributed by atoms with Gasteiger partial charge in [0.15, 0.2) is 0 Å². The zero-order valence-electron chi connectivity index (χ0n) is 9.49. The summed E-state index contributed by atoms with van der Waals surface area (Å²) in [6, 6.07) is 3.53. The van der Waals surface area contributed by atoms with E-state index in [2.05, 4.69) is 15.9 Å². The van der Waals surface area contributed by atoms with Crippen molar-refractivity contribution in [3.8, 4) is 5.75 Å². The Morgan fingerprint density at radius 3 is 2.19 bits per heavy atom. The van der Waals surface area contributed by atoms with E-state index in [1.807, 2.05) is 13.8 Å². The third-order valence-corrected chi connectivity index (χ3v) is 3.47. The Hall–Kier alpha value is -1.03. The first-order valence-corrected chi connectivity index (χ1v) is 5.89. The summed E-state index contributed by atoms with van der Waals surface area (Å²) in [4.78, 5) is 10.9. The maximum Gasteiger partial charge on any atom is 0.310 e. The van der Waals surface area contributed by atoms with Crippen LogP contribution in [0.3, 0.4) is 0 Å². The Kier molecular flexibility index (Phi) is 3.97. The molecule has 0 amide bonds. The van der Waals surface area contributed by atoms with Gasteiger partial charge in [-0.1, -0.05) is 26.0 Å². The topological polar surface area (TPSA) is 57.5 Å². The number of phenolic OH excluding ortho intramolecular Hbond substituents is 1. The third kappa shape index (κ3) is 2.38. The van der Waals surface area contributed by atoms with E-state index in [1.165, 1.54) is 0 Å². The highest BCUT2D eigenvalue weighted by Gasteiger charge is 2.20. The van der Waals surface area contributed by atoms with E-state index in [0.717, 1.165) is 5.56 Å². The molecule has 4 heteroatoms. The quantitative estimate of drug-likeness (QED) is 0.895. The number of rotatable bonds is 3. The first-order chi connectivity index (χ1) is 7.36. The molecule has 0 aromatic heterocycles. The zero-order chi connectivity index (χ0) is 12.5. The van der Waals surface area contributed by atoms with Crippen LogP contribution in [-0.2, 0) is 4.79 Å². The van der Waals surface area contributed by atoms with Crippen LogP contribution in [0.25, 0.3) is 0 Å². The highest BCUT2D eigenvalue weighted by molar-refractivity contribution is 9.10. The van der Waals surface area contributed by atoms with Gasteiger partial charge in [0.05, 0.1) is 10.4 Å². The minimum atomic E-state index is -0.905. The van der Waals surface area contributed by atoms with Crippen LogP contribution < -0.4 is 0 Å². The van der Waals surface area contributed by atoms with Gasteiger partial charge in [0, 0.05) is 0 Å². The van der Waals surface area contributed by atoms with Crippen LogP contribution in [0.15, 0.2) is 16.6 Å². The van der Waals surface area contributed by atoms with E-state index in [0.29, 0.717) is 10.0 Å². The average molecular weight is 287 g/mol. The second-order valence-electron chi connectivity index (χ2n) is 4.12. The number of hydrogen-bond donors (Lipinski definition) is 2. The van der Waals surface area contributed by atoms with Crippen LogP contribution in [-0.4, -0.2) is 16.2 Å². The fourth-order valence-corrected chi connectivity index (χ4v) is 2.23. The molecule has 1 aromatic rings. The lowest BCUT2D eigenvalue weighted by atomic mass is 9.95. The average Bonchev–Trinajstić information content (AvgIpc) is 2.20. The number of carboxylic acids is 1. The Morgan fingerprint density at radius 2 is 1.75 bits per heavy atom. The molecule has 1 rings (SSSR count). The van der Waals surface area contributed by atoms with Crippen LogP contribution in [0.5, 0.6) is 5.75 Å². The van der Waals surface area contributed by atoms with Crippen LogP contribution in [0.1, 0.15) is 43.7 Å². The van der Waals surface area contributed by atoms with E-state index in [-0.39, 0.29) is 11.7 Å². The number of phenols is 1. The lowest BCUT2D eigenvalue weighted by Gasteiger charge is -2.15. The summed E-state index contributed by atoms with van der Waals surface area (Å²) in [6.07, 6.45) is 0. The summed E-state index contributed by atoms with van der Waals surface area (Å²) in [5.74, 6) is -1.20. The Balaban J connectivity index is 3.27. The molecule has 0 radical (unpaired) electrons. The van der Waals surface area contributed by atoms with Crippen LogP contribution >= 0.6 is 15.9 Å². The zero-order valence-corrected chi connectivity index (χ0v) is 11.1. The summed E-state index contributed by atoms with van der Waals surface area (Å²) in [5.41, 5.74) is 1.41. The van der Waals surface area contributed by atoms with Gasteiger partial charge in [0.1, 0.15) is 5.75 Å². The summed E-state index contributed by atoms with van der Waals surface area (Å²) in [7, 11) is 0. The molecule has 1 aromatic carbocycles. The van der Waals surface area contributed by atoms with Gasteiger partial charge in [-0.15, -0.1) is 0 Å². The van der Waals surface area contributed by atoms with Gasteiger partial charge in [-0.25, -0.2) is 0 Å². The van der Waals surface area contributed by atoms with Crippen molar-refractivity contribution in [2.45, 2.75) is 32.6 Å². The van der Waals surface area contributed by atoms with Gasteiger partial charge >= 0.3 is 5.97 Å². The molecule has 0 spiro atoms. The molecule has 1 unspecified atom stereocenters. The number of benzene rings is 1. The van der Waals surface area contributed by atoms with Crippen molar-refractivity contribution in [2.75, 3.05) is 0 Å². The number of hydrogen-bond acceptors (Lipinski definition) is 2. The molecule has 88 valence electrons. The first kappa shape index (κ1) is 13.0. The van der Waals surface area contributed by atoms with Crippen LogP contribution in [0, 0.1) is 0 Å². The molecule has 3 nitrogen and oxygen atoms in total. The smallest absolute Gasteiger partial charge is 0.310 e. The van der Waals surface area contributed by atoms with Gasteiger partial charge in [-0.2, -0.15) is 0 Å². The van der Waals surface area contributed by atoms with Crippen molar-refractivity contribution in [3.63, 3.8) is 0 Å². The molecule has 2 N–H and O–H groups in total. The van der Waals surface area contributed by atoms with Crippen molar-refractivity contribution < 1.29 is 15.0 Å². The molecule has 0 heterocycles. The molecule has 0 aliphatic rings. The van der Waals surface area contributed by atoms with Crippen molar-refractivity contribution >= 4 is 21.9 Å². The summed E-state index contributed by atoms with van der Waals surface area (Å²) < 4.78 is 0.480. The monoisotopic (exact) mass is 286 g/mol. The van der Waals surface area contributed by atoms with Crippen molar-refractivity contribution in [2.24, 2.45) is 0 Å². The normalized spacial score (nSPS) is 12.8. The predicted molar refractivity (Wildman–Crippen MR) is 65.9 cm³/mol. The molecular formula is C12H15BrO3. The molecule has 0 aliphatic heterocycles. The lowest BCUT2D eigenvalue weighted by Crippen LogP contribution is -2.08. The Morgan fingerprint density at radius 1 is 1.25 bits per heavy atom. The highest BCUT2D eigenvalue weighted by atomic mass is 79.9. The molecule has 0 saturated heterocycles.